The normalized spacial score (nSPS) is 12.6. The van der Waals surface area contributed by atoms with Crippen LogP contribution in [0.1, 0.15) is 98.4 Å². The third kappa shape index (κ3) is 4.82. The van der Waals surface area contributed by atoms with E-state index < -0.39 is 0 Å². The molecule has 0 saturated heterocycles. The number of nitrogens with one attached hydrogen (secondary N) is 2. The van der Waals surface area contributed by atoms with Crippen LogP contribution in [0.25, 0.3) is 46.4 Å². The lowest BCUT2D eigenvalue weighted by atomic mass is 10.1. The summed E-state index contributed by atoms with van der Waals surface area (Å²) in [5.41, 5.74) is 14.1. The summed E-state index contributed by atoms with van der Waals surface area (Å²) in [6.07, 6.45) is 17.0. The van der Waals surface area contributed by atoms with Crippen molar-refractivity contribution in [3.8, 4) is 0 Å². The van der Waals surface area contributed by atoms with Crippen molar-refractivity contribution in [3.05, 3.63) is 69.3 Å². The van der Waals surface area contributed by atoms with Crippen molar-refractivity contribution < 1.29 is 0 Å². The number of hydrogen-bond acceptors (Lipinski definition) is 2. The van der Waals surface area contributed by atoms with Gasteiger partial charge < -0.3 is 9.97 Å². The Morgan fingerprint density at radius 1 is 0.472 bits per heavy atom. The van der Waals surface area contributed by atoms with Crippen molar-refractivity contribution in [2.24, 2.45) is 0 Å². The summed E-state index contributed by atoms with van der Waals surface area (Å²) < 4.78 is 0. The molecule has 5 heterocycles. The third-order valence-electron chi connectivity index (χ3n) is 7.03. The fraction of sp³-hybridized carbons (Fsp3) is 0.375. The van der Waals surface area contributed by atoms with Crippen LogP contribution in [0.2, 0.25) is 0 Å². The molecule has 0 aromatic carbocycles. The van der Waals surface area contributed by atoms with Gasteiger partial charge >= 0.3 is 0 Å². The maximum atomic E-state index is 5.02. The topological polar surface area (TPSA) is 57.4 Å². The van der Waals surface area contributed by atoms with Crippen LogP contribution in [-0.4, -0.2) is 19.9 Å². The molecule has 0 amide bonds. The quantitative estimate of drug-likeness (QED) is 0.235. The van der Waals surface area contributed by atoms with Gasteiger partial charge in [0, 0.05) is 11.0 Å². The van der Waals surface area contributed by atoms with Gasteiger partial charge in [-0.15, -0.1) is 0 Å². The third-order valence-corrected chi connectivity index (χ3v) is 7.03. The van der Waals surface area contributed by atoms with Crippen LogP contribution in [0.4, 0.5) is 0 Å². The van der Waals surface area contributed by atoms with Gasteiger partial charge in [-0.3, -0.25) is 0 Å². The van der Waals surface area contributed by atoms with Gasteiger partial charge in [0.05, 0.1) is 33.8 Å². The zero-order valence-corrected chi connectivity index (χ0v) is 22.2. The van der Waals surface area contributed by atoms with Crippen molar-refractivity contribution in [2.45, 2.75) is 79.1 Å². The van der Waals surface area contributed by atoms with E-state index >= 15 is 0 Å². The molecule has 5 rings (SSSR count). The van der Waals surface area contributed by atoms with E-state index in [2.05, 4.69) is 86.2 Å². The van der Waals surface area contributed by atoms with Gasteiger partial charge in [0.1, 0.15) is 0 Å². The maximum Gasteiger partial charge on any atom is 0.0894 e. The molecular weight excluding hydrogens is 440 g/mol. The molecule has 0 saturated carbocycles. The number of H-pyrrole nitrogens is 2. The van der Waals surface area contributed by atoms with Crippen LogP contribution in [0.15, 0.2) is 24.3 Å². The van der Waals surface area contributed by atoms with E-state index in [0.29, 0.717) is 0 Å². The molecule has 2 aliphatic heterocycles. The standard InChI is InChI=1S/C32H38N4/c1-5-9-21-17-25-19-23(11-7-3)31(33-25)32-24(12-8-4)20-26(34-32)18-22(10-6-2)28-14-16-30(36-28)29-15-13-27(21)35-29/h13-20,33-34H,5-12H2,1-4H3. The summed E-state index contributed by atoms with van der Waals surface area (Å²) in [4.78, 5) is 17.6. The van der Waals surface area contributed by atoms with Crippen molar-refractivity contribution in [1.29, 1.82) is 0 Å². The highest BCUT2D eigenvalue weighted by atomic mass is 14.8. The Labute approximate surface area is 214 Å². The van der Waals surface area contributed by atoms with Crippen LogP contribution >= 0.6 is 0 Å². The van der Waals surface area contributed by atoms with Gasteiger partial charge in [0.25, 0.3) is 0 Å². The van der Waals surface area contributed by atoms with Crippen LogP contribution in [-0.2, 0) is 25.7 Å². The molecule has 2 N–H and O–H groups in total. The number of aryl methyl sites for hydroxylation is 4. The lowest BCUT2D eigenvalue weighted by molar-refractivity contribution is 0.913. The van der Waals surface area contributed by atoms with Gasteiger partial charge in [0.2, 0.25) is 0 Å². The molecule has 186 valence electrons. The SMILES string of the molecule is CCCc1cc2cc(CCC)c([nH]2)c2[nH]c(cc(CCC)c3nc(c4nc1C=C4)C=C3)cc2CCC. The van der Waals surface area contributed by atoms with Crippen molar-refractivity contribution in [3.63, 3.8) is 0 Å². The molecule has 3 aromatic heterocycles. The number of fused-ring (bicyclic) bond motifs is 10. The van der Waals surface area contributed by atoms with Crippen LogP contribution in [0.3, 0.4) is 0 Å². The number of hydrogen-bond donors (Lipinski definition) is 2. The highest BCUT2D eigenvalue weighted by Crippen LogP contribution is 2.28. The second-order valence-electron chi connectivity index (χ2n) is 10.0. The molecule has 3 aromatic rings. The number of nitrogens with zero attached hydrogens (tertiary/aromatic N) is 2. The largest absolute Gasteiger partial charge is 0.354 e. The summed E-state index contributed by atoms with van der Waals surface area (Å²) in [5, 5.41) is 0. The van der Waals surface area contributed by atoms with Gasteiger partial charge in [-0.05, 0) is 96.5 Å². The summed E-state index contributed by atoms with van der Waals surface area (Å²) in [7, 11) is 0. The van der Waals surface area contributed by atoms with E-state index in [9.17, 15) is 0 Å². The molecule has 36 heavy (non-hydrogen) atoms. The Bertz CT molecular complexity index is 1370. The Kier molecular flexibility index (Phi) is 7.22. The van der Waals surface area contributed by atoms with Crippen molar-refractivity contribution >= 4 is 46.4 Å². The molecular formula is C32H38N4. The summed E-state index contributed by atoms with van der Waals surface area (Å²) in [6, 6.07) is 9.29. The highest BCUT2D eigenvalue weighted by molar-refractivity contribution is 5.87. The fourth-order valence-corrected chi connectivity index (χ4v) is 5.41. The first-order valence-electron chi connectivity index (χ1n) is 13.8. The Hall–Kier alpha value is -3.40. The Morgan fingerprint density at radius 3 is 1.19 bits per heavy atom. The van der Waals surface area contributed by atoms with Gasteiger partial charge in [-0.1, -0.05) is 53.4 Å². The molecule has 4 nitrogen and oxygen atoms in total. The first-order valence-corrected chi connectivity index (χ1v) is 13.8. The number of aromatic nitrogens is 4. The van der Waals surface area contributed by atoms with E-state index in [1.165, 1.54) is 33.3 Å². The number of aromatic amines is 2. The lowest BCUT2D eigenvalue weighted by Gasteiger charge is -1.99. The molecule has 0 aliphatic carbocycles. The van der Waals surface area contributed by atoms with Crippen molar-refractivity contribution in [1.82, 2.24) is 19.9 Å². The summed E-state index contributed by atoms with van der Waals surface area (Å²) >= 11 is 0. The van der Waals surface area contributed by atoms with E-state index in [1.54, 1.807) is 0 Å². The van der Waals surface area contributed by atoms with Gasteiger partial charge in [0.15, 0.2) is 0 Å². The Balaban J connectivity index is 1.92. The minimum atomic E-state index is 0.951. The minimum Gasteiger partial charge on any atom is -0.354 e. The molecule has 0 spiro atoms. The molecule has 0 fully saturated rings. The van der Waals surface area contributed by atoms with E-state index in [1.807, 2.05) is 0 Å². The van der Waals surface area contributed by atoms with E-state index in [4.69, 9.17) is 9.97 Å². The maximum absolute atomic E-state index is 5.02. The van der Waals surface area contributed by atoms with Crippen LogP contribution in [0, 0.1) is 0 Å². The predicted octanol–water partition coefficient (Wildman–Crippen LogP) is 8.47. The average molecular weight is 479 g/mol. The average Bonchev–Trinajstić information content (AvgIpc) is 3.65. The predicted molar refractivity (Wildman–Crippen MR) is 155 cm³/mol. The second-order valence-corrected chi connectivity index (χ2v) is 10.0. The summed E-state index contributed by atoms with van der Waals surface area (Å²) in [5.74, 6) is 0. The first kappa shape index (κ1) is 24.3. The summed E-state index contributed by atoms with van der Waals surface area (Å²) in [6.45, 7) is 8.98. The van der Waals surface area contributed by atoms with Gasteiger partial charge in [-0.25, -0.2) is 9.97 Å². The van der Waals surface area contributed by atoms with Crippen LogP contribution < -0.4 is 0 Å². The van der Waals surface area contributed by atoms with Crippen LogP contribution in [0.5, 0.6) is 0 Å². The Morgan fingerprint density at radius 2 is 0.806 bits per heavy atom. The highest BCUT2D eigenvalue weighted by Gasteiger charge is 2.13. The number of rotatable bonds is 8. The smallest absolute Gasteiger partial charge is 0.0894 e. The van der Waals surface area contributed by atoms with Crippen molar-refractivity contribution in [2.75, 3.05) is 0 Å². The molecule has 8 bridgehead atoms. The molecule has 0 radical (unpaired) electrons. The molecule has 0 atom stereocenters. The lowest BCUT2D eigenvalue weighted by Crippen LogP contribution is -1.90. The zero-order chi connectivity index (χ0) is 25.1. The minimum absolute atomic E-state index is 0.951. The molecule has 2 aliphatic rings. The van der Waals surface area contributed by atoms with E-state index in [0.717, 1.165) is 85.2 Å². The first-order chi connectivity index (χ1) is 17.6. The second kappa shape index (κ2) is 10.7. The molecule has 0 unspecified atom stereocenters. The zero-order valence-electron chi connectivity index (χ0n) is 22.2. The molecule has 4 heteroatoms. The van der Waals surface area contributed by atoms with E-state index in [-0.39, 0.29) is 0 Å². The fourth-order valence-electron chi connectivity index (χ4n) is 5.41. The monoisotopic (exact) mass is 478 g/mol. The van der Waals surface area contributed by atoms with Gasteiger partial charge in [-0.2, -0.15) is 0 Å².